The number of hydrogen-bond donors (Lipinski definition) is 1. The molecule has 3 nitrogen and oxygen atoms in total. The number of carbonyl (C=O) groups excluding carboxylic acids is 1. The second kappa shape index (κ2) is 7.23. The minimum atomic E-state index is -0.0224. The molecule has 0 aliphatic carbocycles. The van der Waals surface area contributed by atoms with E-state index in [4.69, 9.17) is 0 Å². The fraction of sp³-hybridized carbons (Fsp3) is 0.100. The first-order valence-corrected chi connectivity index (χ1v) is 8.52. The van der Waals surface area contributed by atoms with Gasteiger partial charge in [0.15, 0.2) is 10.9 Å². The summed E-state index contributed by atoms with van der Waals surface area (Å²) < 4.78 is 0. The Hall–Kier alpha value is -2.72. The van der Waals surface area contributed by atoms with Crippen molar-refractivity contribution in [1.29, 1.82) is 0 Å². The Morgan fingerprint density at radius 2 is 1.75 bits per heavy atom. The number of hydrogen-bond acceptors (Lipinski definition) is 4. The molecule has 3 rings (SSSR count). The van der Waals surface area contributed by atoms with E-state index in [1.165, 1.54) is 16.9 Å². The Balaban J connectivity index is 1.74. The number of rotatable bonds is 5. The Bertz CT molecular complexity index is 864. The van der Waals surface area contributed by atoms with Gasteiger partial charge in [0.1, 0.15) is 0 Å². The molecule has 0 radical (unpaired) electrons. The number of thiazole rings is 1. The van der Waals surface area contributed by atoms with Gasteiger partial charge in [-0.25, -0.2) is 4.98 Å². The molecule has 120 valence electrons. The molecule has 0 amide bonds. The molecule has 24 heavy (non-hydrogen) atoms. The summed E-state index contributed by atoms with van der Waals surface area (Å²) in [5.74, 6) is -0.0224. The molecule has 0 saturated heterocycles. The third-order valence-electron chi connectivity index (χ3n) is 3.55. The molecule has 4 heteroatoms. The van der Waals surface area contributed by atoms with Gasteiger partial charge in [-0.2, -0.15) is 0 Å². The molecule has 1 N–H and O–H groups in total. The molecule has 0 atom stereocenters. The standard InChI is InChI=1S/C20H18N2OS/c1-14-8-11-17(12-9-14)22-20-21-15(2)19(24-20)18(23)13-10-16-6-4-3-5-7-16/h3-13H,1-2H3,(H,21,22)/b13-10+. The van der Waals surface area contributed by atoms with Crippen LogP contribution in [0.4, 0.5) is 10.8 Å². The smallest absolute Gasteiger partial charge is 0.197 e. The number of anilines is 2. The first-order valence-electron chi connectivity index (χ1n) is 7.70. The monoisotopic (exact) mass is 334 g/mol. The van der Waals surface area contributed by atoms with Crippen LogP contribution in [0.1, 0.15) is 26.5 Å². The fourth-order valence-electron chi connectivity index (χ4n) is 2.25. The summed E-state index contributed by atoms with van der Waals surface area (Å²) >= 11 is 1.38. The van der Waals surface area contributed by atoms with Crippen molar-refractivity contribution in [3.63, 3.8) is 0 Å². The summed E-state index contributed by atoms with van der Waals surface area (Å²) in [6.07, 6.45) is 3.43. The van der Waals surface area contributed by atoms with Gasteiger partial charge in [-0.15, -0.1) is 0 Å². The highest BCUT2D eigenvalue weighted by Gasteiger charge is 2.13. The van der Waals surface area contributed by atoms with Gasteiger partial charge in [0.2, 0.25) is 0 Å². The third-order valence-corrected chi connectivity index (χ3v) is 4.64. The second-order valence-electron chi connectivity index (χ2n) is 5.53. The van der Waals surface area contributed by atoms with Crippen molar-refractivity contribution in [2.45, 2.75) is 13.8 Å². The summed E-state index contributed by atoms with van der Waals surface area (Å²) in [4.78, 5) is 17.5. The van der Waals surface area contributed by atoms with Crippen LogP contribution >= 0.6 is 11.3 Å². The van der Waals surface area contributed by atoms with Gasteiger partial charge in [0, 0.05) is 5.69 Å². The van der Waals surface area contributed by atoms with Crippen LogP contribution in [0.5, 0.6) is 0 Å². The highest BCUT2D eigenvalue weighted by atomic mass is 32.1. The maximum Gasteiger partial charge on any atom is 0.197 e. The molecular weight excluding hydrogens is 316 g/mol. The molecule has 0 bridgehead atoms. The fourth-order valence-corrected chi connectivity index (χ4v) is 3.16. The SMILES string of the molecule is Cc1ccc(Nc2nc(C)c(C(=O)/C=C/c3ccccc3)s2)cc1. The lowest BCUT2D eigenvalue weighted by Gasteiger charge is -2.01. The van der Waals surface area contributed by atoms with Crippen LogP contribution in [0.15, 0.2) is 60.7 Å². The number of aryl methyl sites for hydroxylation is 2. The summed E-state index contributed by atoms with van der Waals surface area (Å²) in [5.41, 5.74) is 3.93. The van der Waals surface area contributed by atoms with E-state index in [0.717, 1.165) is 22.1 Å². The summed E-state index contributed by atoms with van der Waals surface area (Å²) in [6.45, 7) is 3.91. The summed E-state index contributed by atoms with van der Waals surface area (Å²) in [6, 6.07) is 17.9. The zero-order chi connectivity index (χ0) is 16.9. The van der Waals surface area contributed by atoms with Gasteiger partial charge in [-0.3, -0.25) is 4.79 Å². The predicted octanol–water partition coefficient (Wildman–Crippen LogP) is 5.40. The lowest BCUT2D eigenvalue weighted by Crippen LogP contribution is -1.93. The quantitative estimate of drug-likeness (QED) is 0.502. The highest BCUT2D eigenvalue weighted by molar-refractivity contribution is 7.17. The van der Waals surface area contributed by atoms with Gasteiger partial charge in [0.25, 0.3) is 0 Å². The number of ketones is 1. The van der Waals surface area contributed by atoms with E-state index in [9.17, 15) is 4.79 Å². The van der Waals surface area contributed by atoms with Gasteiger partial charge < -0.3 is 5.32 Å². The van der Waals surface area contributed by atoms with E-state index in [2.05, 4.69) is 10.3 Å². The minimum absolute atomic E-state index is 0.0224. The van der Waals surface area contributed by atoms with Gasteiger partial charge in [0.05, 0.1) is 10.6 Å². The van der Waals surface area contributed by atoms with Crippen LogP contribution in [0.2, 0.25) is 0 Å². The van der Waals surface area contributed by atoms with Crippen molar-refractivity contribution in [3.8, 4) is 0 Å². The molecule has 0 aliphatic rings. The lowest BCUT2D eigenvalue weighted by atomic mass is 10.2. The molecule has 3 aromatic rings. The predicted molar refractivity (Wildman–Crippen MR) is 101 cm³/mol. The normalized spacial score (nSPS) is 10.9. The zero-order valence-corrected chi connectivity index (χ0v) is 14.4. The maximum absolute atomic E-state index is 12.4. The van der Waals surface area contributed by atoms with Gasteiger partial charge in [-0.05, 0) is 37.6 Å². The van der Waals surface area contributed by atoms with Crippen molar-refractivity contribution < 1.29 is 4.79 Å². The number of nitrogens with zero attached hydrogens (tertiary/aromatic N) is 1. The van der Waals surface area contributed by atoms with Crippen LogP contribution < -0.4 is 5.32 Å². The van der Waals surface area contributed by atoms with Crippen molar-refractivity contribution in [1.82, 2.24) is 4.98 Å². The van der Waals surface area contributed by atoms with E-state index >= 15 is 0 Å². The first-order chi connectivity index (χ1) is 11.6. The van der Waals surface area contributed by atoms with Crippen LogP contribution in [0, 0.1) is 13.8 Å². The van der Waals surface area contributed by atoms with Crippen LogP contribution in [0.25, 0.3) is 6.08 Å². The van der Waals surface area contributed by atoms with Crippen molar-refractivity contribution in [2.75, 3.05) is 5.32 Å². The molecule has 0 saturated carbocycles. The van der Waals surface area contributed by atoms with Crippen molar-refractivity contribution in [3.05, 3.63) is 82.4 Å². The molecule has 0 aliphatic heterocycles. The van der Waals surface area contributed by atoms with Crippen LogP contribution in [0.3, 0.4) is 0 Å². The van der Waals surface area contributed by atoms with Gasteiger partial charge in [-0.1, -0.05) is 65.4 Å². The molecule has 1 aromatic heterocycles. The summed E-state index contributed by atoms with van der Waals surface area (Å²) in [5, 5.41) is 3.98. The Kier molecular flexibility index (Phi) is 4.87. The lowest BCUT2D eigenvalue weighted by molar-refractivity contribution is 0.105. The number of carbonyl (C=O) groups is 1. The molecule has 0 fully saturated rings. The molecule has 0 spiro atoms. The Morgan fingerprint density at radius 1 is 1.04 bits per heavy atom. The van der Waals surface area contributed by atoms with E-state index in [1.54, 1.807) is 6.08 Å². The van der Waals surface area contributed by atoms with E-state index in [-0.39, 0.29) is 5.78 Å². The van der Waals surface area contributed by atoms with Crippen molar-refractivity contribution >= 4 is 34.0 Å². The van der Waals surface area contributed by atoms with Crippen molar-refractivity contribution in [2.24, 2.45) is 0 Å². The number of benzene rings is 2. The summed E-state index contributed by atoms with van der Waals surface area (Å²) in [7, 11) is 0. The molecule has 2 aromatic carbocycles. The van der Waals surface area contributed by atoms with Gasteiger partial charge >= 0.3 is 0 Å². The highest BCUT2D eigenvalue weighted by Crippen LogP contribution is 2.26. The number of aromatic nitrogens is 1. The van der Waals surface area contributed by atoms with E-state index in [0.29, 0.717) is 4.88 Å². The number of allylic oxidation sites excluding steroid dienone is 1. The molecular formula is C20H18N2OS. The topological polar surface area (TPSA) is 42.0 Å². The Labute approximate surface area is 145 Å². The first kappa shape index (κ1) is 16.1. The Morgan fingerprint density at radius 3 is 2.46 bits per heavy atom. The van der Waals surface area contributed by atoms with Crippen LogP contribution in [-0.2, 0) is 0 Å². The average Bonchev–Trinajstić information content (AvgIpc) is 2.96. The largest absolute Gasteiger partial charge is 0.332 e. The van der Waals surface area contributed by atoms with E-state index < -0.39 is 0 Å². The average molecular weight is 334 g/mol. The van der Waals surface area contributed by atoms with Crippen LogP contribution in [-0.4, -0.2) is 10.8 Å². The molecule has 1 heterocycles. The molecule has 0 unspecified atom stereocenters. The number of nitrogens with one attached hydrogen (secondary N) is 1. The zero-order valence-electron chi connectivity index (χ0n) is 13.6. The maximum atomic E-state index is 12.4. The van der Waals surface area contributed by atoms with E-state index in [1.807, 2.05) is 74.5 Å². The second-order valence-corrected chi connectivity index (χ2v) is 6.53. The minimum Gasteiger partial charge on any atom is -0.332 e. The third kappa shape index (κ3) is 3.97.